The van der Waals surface area contributed by atoms with Crippen molar-refractivity contribution in [3.05, 3.63) is 84.9 Å². The zero-order chi connectivity index (χ0) is 15.8. The van der Waals surface area contributed by atoms with Gasteiger partial charge < -0.3 is 15.9 Å². The molecule has 0 bridgehead atoms. The second-order valence-corrected chi connectivity index (χ2v) is 4.78. The van der Waals surface area contributed by atoms with Gasteiger partial charge in [-0.25, -0.2) is 0 Å². The lowest BCUT2D eigenvalue weighted by Gasteiger charge is -2.05. The fourth-order valence-corrected chi connectivity index (χ4v) is 1.95. The zero-order valence-corrected chi connectivity index (χ0v) is 12.1. The van der Waals surface area contributed by atoms with E-state index in [9.17, 15) is 5.02 Å². The molecular weight excluding hydrogens is 273 g/mol. The van der Waals surface area contributed by atoms with E-state index in [1.807, 2.05) is 60.7 Å². The van der Waals surface area contributed by atoms with Crippen LogP contribution in [-0.2, 0) is 0 Å². The smallest absolute Gasteiger partial charge is 0.358 e. The third-order valence-corrected chi connectivity index (χ3v) is 3.17. The normalized spacial score (nSPS) is 9.50. The summed E-state index contributed by atoms with van der Waals surface area (Å²) in [5.41, 5.74) is 7.55. The van der Waals surface area contributed by atoms with Crippen molar-refractivity contribution in [1.29, 1.82) is 0 Å². The molecule has 3 rings (SSSR count). The maximum absolute atomic E-state index is 9.99. The second-order valence-electron chi connectivity index (χ2n) is 4.78. The van der Waals surface area contributed by atoms with Crippen LogP contribution in [0.15, 0.2) is 84.9 Å². The van der Waals surface area contributed by atoms with Gasteiger partial charge in [0.2, 0.25) is 0 Å². The number of phenols is 1. The van der Waals surface area contributed by atoms with Crippen LogP contribution in [-0.4, -0.2) is 17.0 Å². The molecule has 0 radical (unpaired) electrons. The molecule has 22 heavy (non-hydrogen) atoms. The summed E-state index contributed by atoms with van der Waals surface area (Å²) in [6.45, 7) is -0.516. The molecule has 4 heteroatoms. The molecule has 0 heterocycles. The van der Waals surface area contributed by atoms with Crippen LogP contribution in [0, 0.1) is 0 Å². The van der Waals surface area contributed by atoms with Crippen LogP contribution in [0.3, 0.4) is 0 Å². The Labute approximate surface area is 130 Å². The van der Waals surface area contributed by atoms with E-state index in [1.54, 1.807) is 24.3 Å². The first-order chi connectivity index (χ1) is 10.7. The molecule has 0 spiro atoms. The van der Waals surface area contributed by atoms with E-state index in [1.165, 1.54) is 0 Å². The predicted octanol–water partition coefficient (Wildman–Crippen LogP) is 1.76. The van der Waals surface area contributed by atoms with Crippen LogP contribution in [0.4, 0.5) is 5.69 Å². The number of benzene rings is 3. The zero-order valence-electron chi connectivity index (χ0n) is 12.1. The van der Waals surface area contributed by atoms with Crippen LogP contribution in [0.5, 0.6) is 5.75 Å². The van der Waals surface area contributed by atoms with Crippen molar-refractivity contribution in [3.8, 4) is 5.75 Å². The lowest BCUT2D eigenvalue weighted by atomic mass is 9.56. The first-order valence-corrected chi connectivity index (χ1v) is 7.00. The van der Waals surface area contributed by atoms with Crippen LogP contribution in [0.1, 0.15) is 0 Å². The quantitative estimate of drug-likeness (QED) is 0.383. The minimum atomic E-state index is -0.516. The lowest BCUT2D eigenvalue weighted by molar-refractivity contribution is 0.478. The average Bonchev–Trinajstić information content (AvgIpc) is 2.59. The molecule has 0 aliphatic heterocycles. The number of para-hydroxylation sites is 2. The third-order valence-electron chi connectivity index (χ3n) is 3.17. The Balaban J connectivity index is 0.000000188. The summed E-state index contributed by atoms with van der Waals surface area (Å²) in [5.74, 6) is 0.146. The molecule has 0 aliphatic carbocycles. The first kappa shape index (κ1) is 15.7. The Morgan fingerprint density at radius 2 is 1.05 bits per heavy atom. The van der Waals surface area contributed by atoms with Crippen LogP contribution >= 0.6 is 0 Å². The molecule has 3 aromatic rings. The number of hydrogen-bond acceptors (Lipinski definition) is 3. The number of nitrogens with two attached hydrogens (primary N) is 1. The van der Waals surface area contributed by atoms with Gasteiger partial charge in [0, 0.05) is 0 Å². The van der Waals surface area contributed by atoms with E-state index in [2.05, 4.69) is 0 Å². The van der Waals surface area contributed by atoms with Crippen LogP contribution in [0.25, 0.3) is 0 Å². The molecule has 0 aromatic heterocycles. The summed E-state index contributed by atoms with van der Waals surface area (Å²) in [6.07, 6.45) is 0. The number of rotatable bonds is 2. The molecule has 110 valence electrons. The van der Waals surface area contributed by atoms with Gasteiger partial charge in [0.05, 0.1) is 5.69 Å². The first-order valence-electron chi connectivity index (χ1n) is 7.00. The lowest BCUT2D eigenvalue weighted by Crippen LogP contribution is -2.41. The summed E-state index contributed by atoms with van der Waals surface area (Å²) >= 11 is 0. The van der Waals surface area contributed by atoms with Gasteiger partial charge in [0.15, 0.2) is 0 Å². The predicted molar refractivity (Wildman–Crippen MR) is 92.6 cm³/mol. The molecular formula is C18H18BNO2. The number of phenolic OH excluding ortho intramolecular Hbond substituents is 1. The molecule has 0 saturated carbocycles. The highest BCUT2D eigenvalue weighted by Crippen LogP contribution is 2.16. The minimum Gasteiger partial charge on any atom is -0.506 e. The van der Waals surface area contributed by atoms with Gasteiger partial charge in [-0.2, -0.15) is 0 Å². The van der Waals surface area contributed by atoms with E-state index in [4.69, 9.17) is 10.8 Å². The number of hydrogen-bond donors (Lipinski definition) is 3. The summed E-state index contributed by atoms with van der Waals surface area (Å²) in [4.78, 5) is 0. The number of aromatic hydroxyl groups is 1. The van der Waals surface area contributed by atoms with Crippen molar-refractivity contribution in [3.63, 3.8) is 0 Å². The van der Waals surface area contributed by atoms with Gasteiger partial charge >= 0.3 is 6.92 Å². The van der Waals surface area contributed by atoms with Crippen molar-refractivity contribution < 1.29 is 10.1 Å². The second kappa shape index (κ2) is 7.91. The Kier molecular flexibility index (Phi) is 5.63. The molecule has 3 nitrogen and oxygen atoms in total. The number of nitrogen functional groups attached to an aromatic ring is 1. The Hall–Kier alpha value is -2.72. The molecule has 0 atom stereocenters. The fraction of sp³-hybridized carbons (Fsp3) is 0. The SMILES string of the molecule is Nc1ccccc1O.OB(c1ccccc1)c1ccccc1. The molecule has 0 amide bonds. The fourth-order valence-electron chi connectivity index (χ4n) is 1.95. The molecule has 0 aliphatic rings. The Bertz CT molecular complexity index is 629. The Morgan fingerprint density at radius 1 is 0.636 bits per heavy atom. The standard InChI is InChI=1S/C12H11BO.C6H7NO/c14-13(11-7-3-1-4-8-11)12-9-5-2-6-10-12;7-5-3-1-2-4-6(5)8/h1-10,14H;1-4,8H,7H2. The summed E-state index contributed by atoms with van der Waals surface area (Å²) < 4.78 is 0. The van der Waals surface area contributed by atoms with Crippen molar-refractivity contribution in [2.24, 2.45) is 0 Å². The summed E-state index contributed by atoms with van der Waals surface area (Å²) in [6, 6.07) is 26.0. The van der Waals surface area contributed by atoms with Gasteiger partial charge in [-0.3, -0.25) is 0 Å². The van der Waals surface area contributed by atoms with Crippen LogP contribution in [0.2, 0.25) is 0 Å². The van der Waals surface area contributed by atoms with E-state index in [0.29, 0.717) is 5.69 Å². The Morgan fingerprint density at radius 3 is 1.41 bits per heavy atom. The van der Waals surface area contributed by atoms with Crippen molar-refractivity contribution in [2.45, 2.75) is 0 Å². The summed E-state index contributed by atoms with van der Waals surface area (Å²) in [7, 11) is 0. The highest BCUT2D eigenvalue weighted by Gasteiger charge is 2.14. The maximum Gasteiger partial charge on any atom is 0.358 e. The van der Waals surface area contributed by atoms with Gasteiger partial charge in [0.1, 0.15) is 5.75 Å². The molecule has 0 fully saturated rings. The van der Waals surface area contributed by atoms with Gasteiger partial charge in [0.25, 0.3) is 0 Å². The van der Waals surface area contributed by atoms with E-state index in [0.717, 1.165) is 10.9 Å². The molecule has 0 unspecified atom stereocenters. The topological polar surface area (TPSA) is 66.5 Å². The molecule has 4 N–H and O–H groups in total. The largest absolute Gasteiger partial charge is 0.506 e. The maximum atomic E-state index is 9.99. The van der Waals surface area contributed by atoms with E-state index in [-0.39, 0.29) is 5.75 Å². The highest BCUT2D eigenvalue weighted by molar-refractivity contribution is 6.78. The third kappa shape index (κ3) is 4.40. The minimum absolute atomic E-state index is 0.146. The van der Waals surface area contributed by atoms with Crippen molar-refractivity contribution in [2.75, 3.05) is 5.73 Å². The monoisotopic (exact) mass is 291 g/mol. The van der Waals surface area contributed by atoms with Crippen molar-refractivity contribution in [1.82, 2.24) is 0 Å². The number of anilines is 1. The van der Waals surface area contributed by atoms with Crippen LogP contribution < -0.4 is 16.7 Å². The highest BCUT2D eigenvalue weighted by atomic mass is 16.3. The summed E-state index contributed by atoms with van der Waals surface area (Å²) in [5, 5.41) is 18.8. The van der Waals surface area contributed by atoms with Gasteiger partial charge in [-0.15, -0.1) is 0 Å². The van der Waals surface area contributed by atoms with Gasteiger partial charge in [-0.1, -0.05) is 72.8 Å². The van der Waals surface area contributed by atoms with E-state index < -0.39 is 6.92 Å². The molecule has 3 aromatic carbocycles. The average molecular weight is 291 g/mol. The van der Waals surface area contributed by atoms with Crippen molar-refractivity contribution >= 4 is 23.5 Å². The van der Waals surface area contributed by atoms with Gasteiger partial charge in [-0.05, 0) is 23.1 Å². The molecule has 0 saturated heterocycles. The van der Waals surface area contributed by atoms with E-state index >= 15 is 0 Å².